The van der Waals surface area contributed by atoms with Crippen molar-refractivity contribution in [1.82, 2.24) is 0 Å². The Labute approximate surface area is 140 Å². The first-order valence-electron chi connectivity index (χ1n) is 9.08. The average Bonchev–Trinajstić information content (AvgIpc) is 2.89. The molecular formula is C20H32O3. The molecule has 2 saturated heterocycles. The van der Waals surface area contributed by atoms with Crippen molar-refractivity contribution in [2.24, 2.45) is 5.92 Å². The summed E-state index contributed by atoms with van der Waals surface area (Å²) in [4.78, 5) is 0. The molecule has 3 nitrogen and oxygen atoms in total. The van der Waals surface area contributed by atoms with Crippen molar-refractivity contribution >= 4 is 0 Å². The minimum absolute atomic E-state index is 0.0149. The van der Waals surface area contributed by atoms with Crippen LogP contribution in [0.2, 0.25) is 0 Å². The number of rotatable bonds is 1. The van der Waals surface area contributed by atoms with Crippen molar-refractivity contribution in [3.05, 3.63) is 23.8 Å². The molecular weight excluding hydrogens is 288 g/mol. The van der Waals surface area contributed by atoms with Crippen LogP contribution in [0.25, 0.3) is 0 Å². The van der Waals surface area contributed by atoms with Gasteiger partial charge in [0, 0.05) is 5.92 Å². The van der Waals surface area contributed by atoms with Crippen molar-refractivity contribution in [2.75, 3.05) is 0 Å². The molecule has 3 heteroatoms. The zero-order valence-corrected chi connectivity index (χ0v) is 15.1. The van der Waals surface area contributed by atoms with Gasteiger partial charge in [-0.05, 0) is 66.2 Å². The number of allylic oxidation sites excluding steroid dienone is 1. The highest BCUT2D eigenvalue weighted by Gasteiger charge is 2.52. The lowest BCUT2D eigenvalue weighted by atomic mass is 9.83. The molecule has 0 aromatic carbocycles. The number of hydrogen-bond donors (Lipinski definition) is 1. The van der Waals surface area contributed by atoms with Crippen molar-refractivity contribution in [2.45, 2.75) is 95.7 Å². The predicted molar refractivity (Wildman–Crippen MR) is 92.3 cm³/mol. The van der Waals surface area contributed by atoms with Gasteiger partial charge in [-0.25, -0.2) is 0 Å². The fourth-order valence-corrected chi connectivity index (χ4v) is 4.32. The zero-order valence-electron chi connectivity index (χ0n) is 15.1. The third kappa shape index (κ3) is 3.57. The van der Waals surface area contributed by atoms with Crippen LogP contribution in [-0.2, 0) is 9.47 Å². The highest BCUT2D eigenvalue weighted by Crippen LogP contribution is 2.46. The molecule has 6 atom stereocenters. The summed E-state index contributed by atoms with van der Waals surface area (Å²) < 4.78 is 12.2. The summed E-state index contributed by atoms with van der Waals surface area (Å²) in [5.41, 5.74) is 1.77. The molecule has 3 aliphatic heterocycles. The van der Waals surface area contributed by atoms with E-state index in [0.29, 0.717) is 5.92 Å². The van der Waals surface area contributed by atoms with Crippen LogP contribution >= 0.6 is 0 Å². The molecule has 3 rings (SSSR count). The fourth-order valence-electron chi connectivity index (χ4n) is 4.32. The van der Waals surface area contributed by atoms with Gasteiger partial charge in [0.15, 0.2) is 0 Å². The average molecular weight is 320 g/mol. The van der Waals surface area contributed by atoms with Gasteiger partial charge in [0.05, 0.1) is 29.5 Å². The molecule has 0 radical (unpaired) electrons. The maximum Gasteiger partial charge on any atom is 0.0923 e. The number of hydrogen-bond acceptors (Lipinski definition) is 3. The number of epoxide rings is 1. The SMILES string of the molecule is C=C(C)C1CC2OC1CC(C)=CCCC1(C)OC1CCC2(C)O. The second kappa shape index (κ2) is 6.02. The van der Waals surface area contributed by atoms with E-state index < -0.39 is 5.60 Å². The summed E-state index contributed by atoms with van der Waals surface area (Å²) >= 11 is 0. The molecule has 3 heterocycles. The number of ether oxygens (including phenoxy) is 2. The van der Waals surface area contributed by atoms with Gasteiger partial charge in [0.25, 0.3) is 0 Å². The smallest absolute Gasteiger partial charge is 0.0923 e. The summed E-state index contributed by atoms with van der Waals surface area (Å²) in [6.45, 7) is 12.6. The Balaban J connectivity index is 1.81. The third-order valence-electron chi connectivity index (χ3n) is 6.19. The summed E-state index contributed by atoms with van der Waals surface area (Å²) in [5, 5.41) is 11.0. The first kappa shape index (κ1) is 17.2. The fraction of sp³-hybridized carbons (Fsp3) is 0.800. The van der Waals surface area contributed by atoms with Crippen LogP contribution < -0.4 is 0 Å². The van der Waals surface area contributed by atoms with Gasteiger partial charge in [-0.2, -0.15) is 0 Å². The molecule has 2 bridgehead atoms. The molecule has 0 aliphatic carbocycles. The molecule has 0 spiro atoms. The molecule has 0 aromatic heterocycles. The van der Waals surface area contributed by atoms with Gasteiger partial charge in [-0.15, -0.1) is 0 Å². The zero-order chi connectivity index (χ0) is 16.8. The van der Waals surface area contributed by atoms with E-state index in [1.165, 1.54) is 11.1 Å². The lowest BCUT2D eigenvalue weighted by Crippen LogP contribution is -2.39. The van der Waals surface area contributed by atoms with E-state index in [0.717, 1.165) is 38.5 Å². The van der Waals surface area contributed by atoms with Crippen molar-refractivity contribution in [3.63, 3.8) is 0 Å². The van der Waals surface area contributed by atoms with Crippen LogP contribution in [0.15, 0.2) is 23.8 Å². The standard InChI is InChI=1S/C20H32O3/c1-13(2)15-12-18-19(4,21)10-8-17-20(5,23-17)9-6-7-14(3)11-16(15)22-18/h7,15-18,21H,1,6,8-12H2,2-5H3. The van der Waals surface area contributed by atoms with Crippen LogP contribution in [0, 0.1) is 5.92 Å². The largest absolute Gasteiger partial charge is 0.387 e. The Morgan fingerprint density at radius 3 is 2.74 bits per heavy atom. The Bertz CT molecular complexity index is 507. The van der Waals surface area contributed by atoms with Gasteiger partial charge < -0.3 is 14.6 Å². The Kier molecular flexibility index (Phi) is 4.50. The molecule has 2 fully saturated rings. The van der Waals surface area contributed by atoms with E-state index in [1.54, 1.807) is 0 Å². The summed E-state index contributed by atoms with van der Waals surface area (Å²) in [7, 11) is 0. The maximum atomic E-state index is 11.0. The van der Waals surface area contributed by atoms with Gasteiger partial charge in [0.2, 0.25) is 0 Å². The minimum Gasteiger partial charge on any atom is -0.387 e. The molecule has 0 saturated carbocycles. The lowest BCUT2D eigenvalue weighted by molar-refractivity contribution is -0.0987. The quantitative estimate of drug-likeness (QED) is 0.583. The highest BCUT2D eigenvalue weighted by molar-refractivity contribution is 5.12. The molecule has 23 heavy (non-hydrogen) atoms. The van der Waals surface area contributed by atoms with Crippen molar-refractivity contribution < 1.29 is 14.6 Å². The van der Waals surface area contributed by atoms with Crippen LogP contribution in [0.4, 0.5) is 0 Å². The molecule has 0 aromatic rings. The minimum atomic E-state index is -0.791. The van der Waals surface area contributed by atoms with E-state index in [2.05, 4.69) is 33.4 Å². The molecule has 1 N–H and O–H groups in total. The monoisotopic (exact) mass is 320 g/mol. The van der Waals surface area contributed by atoms with Crippen LogP contribution in [0.5, 0.6) is 0 Å². The van der Waals surface area contributed by atoms with E-state index in [1.807, 2.05) is 6.92 Å². The first-order chi connectivity index (χ1) is 10.7. The second-order valence-corrected chi connectivity index (χ2v) is 8.46. The molecule has 0 amide bonds. The predicted octanol–water partition coefficient (Wildman–Crippen LogP) is 4.16. The van der Waals surface area contributed by atoms with E-state index in [-0.39, 0.29) is 23.9 Å². The molecule has 3 aliphatic rings. The summed E-state index contributed by atoms with van der Waals surface area (Å²) in [6.07, 6.45) is 8.26. The van der Waals surface area contributed by atoms with Gasteiger partial charge >= 0.3 is 0 Å². The van der Waals surface area contributed by atoms with Crippen LogP contribution in [0.1, 0.15) is 66.2 Å². The Hall–Kier alpha value is -0.640. The number of aliphatic hydroxyl groups is 1. The first-order valence-corrected chi connectivity index (χ1v) is 9.08. The van der Waals surface area contributed by atoms with E-state index >= 15 is 0 Å². The van der Waals surface area contributed by atoms with Crippen LogP contribution in [0.3, 0.4) is 0 Å². The maximum absolute atomic E-state index is 11.0. The Morgan fingerprint density at radius 1 is 1.30 bits per heavy atom. The summed E-state index contributed by atoms with van der Waals surface area (Å²) in [5.74, 6) is 0.347. The van der Waals surface area contributed by atoms with E-state index in [9.17, 15) is 5.11 Å². The normalized spacial score (nSPS) is 47.6. The van der Waals surface area contributed by atoms with Gasteiger partial charge in [-0.1, -0.05) is 23.8 Å². The molecule has 6 unspecified atom stereocenters. The third-order valence-corrected chi connectivity index (χ3v) is 6.19. The summed E-state index contributed by atoms with van der Waals surface area (Å²) in [6, 6.07) is 0. The second-order valence-electron chi connectivity index (χ2n) is 8.46. The topological polar surface area (TPSA) is 42.0 Å². The van der Waals surface area contributed by atoms with Crippen LogP contribution in [-0.4, -0.2) is 34.6 Å². The number of fused-ring (bicyclic) bond motifs is 3. The van der Waals surface area contributed by atoms with E-state index in [4.69, 9.17) is 9.47 Å². The Morgan fingerprint density at radius 2 is 2.04 bits per heavy atom. The highest BCUT2D eigenvalue weighted by atomic mass is 16.6. The van der Waals surface area contributed by atoms with Gasteiger partial charge in [-0.3, -0.25) is 0 Å². The van der Waals surface area contributed by atoms with Gasteiger partial charge in [0.1, 0.15) is 0 Å². The molecule has 130 valence electrons. The lowest BCUT2D eigenvalue weighted by Gasteiger charge is -2.30. The van der Waals surface area contributed by atoms with Crippen molar-refractivity contribution in [1.29, 1.82) is 0 Å². The van der Waals surface area contributed by atoms with Crippen molar-refractivity contribution in [3.8, 4) is 0 Å².